The molecule has 0 bridgehead atoms. The molecule has 0 saturated carbocycles. The summed E-state index contributed by atoms with van der Waals surface area (Å²) < 4.78 is 4.53. The van der Waals surface area contributed by atoms with E-state index in [1.165, 1.54) is 7.11 Å². The van der Waals surface area contributed by atoms with Crippen molar-refractivity contribution >= 4 is 34.9 Å². The van der Waals surface area contributed by atoms with Crippen LogP contribution in [0.4, 0.5) is 5.69 Å². The van der Waals surface area contributed by atoms with Gasteiger partial charge in [0.15, 0.2) is 0 Å². The summed E-state index contributed by atoms with van der Waals surface area (Å²) >= 11 is 12.3. The van der Waals surface area contributed by atoms with Crippen molar-refractivity contribution in [2.75, 3.05) is 32.1 Å². The summed E-state index contributed by atoms with van der Waals surface area (Å²) in [4.78, 5) is 10.9. The maximum atomic E-state index is 10.9. The lowest BCUT2D eigenvalue weighted by molar-refractivity contribution is -0.139. The fourth-order valence-electron chi connectivity index (χ4n) is 1.72. The molecule has 1 aromatic rings. The molecular formula is C14H20Cl2N2O2. The molecule has 4 nitrogen and oxygen atoms in total. The molecule has 1 aromatic carbocycles. The molecule has 0 atom stereocenters. The van der Waals surface area contributed by atoms with Crippen LogP contribution in [0.3, 0.4) is 0 Å². The second kappa shape index (κ2) is 9.06. The molecule has 0 aliphatic rings. The summed E-state index contributed by atoms with van der Waals surface area (Å²) in [5.41, 5.74) is 1.82. The van der Waals surface area contributed by atoms with Gasteiger partial charge in [0.25, 0.3) is 0 Å². The molecule has 20 heavy (non-hydrogen) atoms. The molecule has 1 rings (SSSR count). The minimum atomic E-state index is -0.249. The molecule has 0 amide bonds. The van der Waals surface area contributed by atoms with Gasteiger partial charge in [-0.25, -0.2) is 0 Å². The number of hydrogen-bond donors (Lipinski definition) is 2. The molecule has 0 spiro atoms. The number of nitrogens with one attached hydrogen (secondary N) is 2. The first-order valence-corrected chi connectivity index (χ1v) is 7.27. The average Bonchev–Trinajstić information content (AvgIpc) is 2.39. The zero-order chi connectivity index (χ0) is 15.0. The van der Waals surface area contributed by atoms with Gasteiger partial charge >= 0.3 is 5.97 Å². The molecule has 0 unspecified atom stereocenters. The second-order valence-corrected chi connectivity index (χ2v) is 5.30. The van der Waals surface area contributed by atoms with E-state index in [2.05, 4.69) is 15.4 Å². The number of ether oxygens (including phenoxy) is 1. The number of rotatable bonds is 8. The molecular weight excluding hydrogens is 299 g/mol. The summed E-state index contributed by atoms with van der Waals surface area (Å²) in [6.07, 6.45) is 1.90. The van der Waals surface area contributed by atoms with E-state index in [-0.39, 0.29) is 12.5 Å². The maximum absolute atomic E-state index is 10.9. The Labute approximate surface area is 129 Å². The first-order chi connectivity index (χ1) is 9.54. The van der Waals surface area contributed by atoms with Gasteiger partial charge in [0.2, 0.25) is 0 Å². The van der Waals surface area contributed by atoms with Crippen LogP contribution >= 0.6 is 23.2 Å². The largest absolute Gasteiger partial charge is 0.468 e. The summed E-state index contributed by atoms with van der Waals surface area (Å²) in [5.74, 6) is -0.249. The first-order valence-electron chi connectivity index (χ1n) is 6.51. The van der Waals surface area contributed by atoms with E-state index in [1.807, 2.05) is 19.1 Å². The van der Waals surface area contributed by atoms with Gasteiger partial charge in [-0.3, -0.25) is 4.79 Å². The summed E-state index contributed by atoms with van der Waals surface area (Å²) in [7, 11) is 1.38. The van der Waals surface area contributed by atoms with Gasteiger partial charge in [0, 0.05) is 6.54 Å². The van der Waals surface area contributed by atoms with Crippen molar-refractivity contribution in [2.45, 2.75) is 19.8 Å². The van der Waals surface area contributed by atoms with Crippen LogP contribution in [0.5, 0.6) is 0 Å². The lowest BCUT2D eigenvalue weighted by atomic mass is 10.2. The van der Waals surface area contributed by atoms with E-state index >= 15 is 0 Å². The Morgan fingerprint density at radius 1 is 1.20 bits per heavy atom. The Morgan fingerprint density at radius 3 is 2.40 bits per heavy atom. The molecule has 0 aliphatic heterocycles. The number of aryl methyl sites for hydroxylation is 1. The number of halogens is 2. The van der Waals surface area contributed by atoms with Crippen LogP contribution in [0, 0.1) is 6.92 Å². The Kier molecular flexibility index (Phi) is 7.73. The van der Waals surface area contributed by atoms with Gasteiger partial charge in [-0.1, -0.05) is 23.2 Å². The van der Waals surface area contributed by atoms with Gasteiger partial charge < -0.3 is 15.4 Å². The number of benzene rings is 1. The van der Waals surface area contributed by atoms with Gasteiger partial charge in [-0.15, -0.1) is 0 Å². The van der Waals surface area contributed by atoms with Crippen LogP contribution in [0.15, 0.2) is 12.1 Å². The Balaban J connectivity index is 2.20. The lowest BCUT2D eigenvalue weighted by Gasteiger charge is -2.11. The number of esters is 1. The molecule has 0 aromatic heterocycles. The van der Waals surface area contributed by atoms with Gasteiger partial charge in [0.1, 0.15) is 0 Å². The van der Waals surface area contributed by atoms with Crippen molar-refractivity contribution in [3.63, 3.8) is 0 Å². The average molecular weight is 319 g/mol. The second-order valence-electron chi connectivity index (χ2n) is 4.49. The molecule has 6 heteroatoms. The van der Waals surface area contributed by atoms with Crippen LogP contribution < -0.4 is 10.6 Å². The zero-order valence-corrected chi connectivity index (χ0v) is 13.3. The highest BCUT2D eigenvalue weighted by Gasteiger charge is 2.06. The zero-order valence-electron chi connectivity index (χ0n) is 11.8. The van der Waals surface area contributed by atoms with Crippen molar-refractivity contribution < 1.29 is 9.53 Å². The molecule has 0 heterocycles. The van der Waals surface area contributed by atoms with Crippen molar-refractivity contribution in [1.82, 2.24) is 5.32 Å². The SMILES string of the molecule is COC(=O)CNCCCCNc1c(Cl)cc(C)cc1Cl. The Hall–Kier alpha value is -0.970. The Morgan fingerprint density at radius 2 is 1.80 bits per heavy atom. The predicted molar refractivity (Wildman–Crippen MR) is 83.8 cm³/mol. The molecule has 2 N–H and O–H groups in total. The highest BCUT2D eigenvalue weighted by molar-refractivity contribution is 6.39. The third-order valence-corrected chi connectivity index (χ3v) is 3.36. The van der Waals surface area contributed by atoms with E-state index in [0.29, 0.717) is 10.0 Å². The third-order valence-electron chi connectivity index (χ3n) is 2.77. The number of carbonyl (C=O) groups is 1. The minimum Gasteiger partial charge on any atom is -0.468 e. The van der Waals surface area contributed by atoms with E-state index in [4.69, 9.17) is 23.2 Å². The molecule has 0 aliphatic carbocycles. The Bertz CT molecular complexity index is 430. The maximum Gasteiger partial charge on any atom is 0.319 e. The molecule has 112 valence electrons. The van der Waals surface area contributed by atoms with E-state index in [9.17, 15) is 4.79 Å². The topological polar surface area (TPSA) is 50.4 Å². The third kappa shape index (κ3) is 5.99. The van der Waals surface area contributed by atoms with E-state index in [1.54, 1.807) is 0 Å². The van der Waals surface area contributed by atoms with Crippen LogP contribution in [-0.2, 0) is 9.53 Å². The monoisotopic (exact) mass is 318 g/mol. The number of methoxy groups -OCH3 is 1. The van der Waals surface area contributed by atoms with Crippen LogP contribution in [0.1, 0.15) is 18.4 Å². The smallest absolute Gasteiger partial charge is 0.319 e. The lowest BCUT2D eigenvalue weighted by Crippen LogP contribution is -2.25. The fraction of sp³-hybridized carbons (Fsp3) is 0.500. The standard InChI is InChI=1S/C14H20Cl2N2O2/c1-10-7-11(15)14(12(16)8-10)18-6-4-3-5-17-9-13(19)20-2/h7-8,17-18H,3-6,9H2,1-2H3. The molecule has 0 saturated heterocycles. The summed E-state index contributed by atoms with van der Waals surface area (Å²) in [6, 6.07) is 3.77. The highest BCUT2D eigenvalue weighted by atomic mass is 35.5. The summed E-state index contributed by atoms with van der Waals surface area (Å²) in [6.45, 7) is 3.75. The van der Waals surface area contributed by atoms with E-state index < -0.39 is 0 Å². The number of carbonyl (C=O) groups excluding carboxylic acids is 1. The van der Waals surface area contributed by atoms with Gasteiger partial charge in [-0.2, -0.15) is 0 Å². The quantitative estimate of drug-likeness (QED) is 0.570. The highest BCUT2D eigenvalue weighted by Crippen LogP contribution is 2.31. The van der Waals surface area contributed by atoms with Crippen LogP contribution in [-0.4, -0.2) is 32.7 Å². The van der Waals surface area contributed by atoms with Gasteiger partial charge in [0.05, 0.1) is 29.4 Å². The van der Waals surface area contributed by atoms with Crippen LogP contribution in [0.2, 0.25) is 10.0 Å². The van der Waals surface area contributed by atoms with Crippen LogP contribution in [0.25, 0.3) is 0 Å². The minimum absolute atomic E-state index is 0.249. The molecule has 0 radical (unpaired) electrons. The normalized spacial score (nSPS) is 10.4. The number of hydrogen-bond acceptors (Lipinski definition) is 4. The first kappa shape index (κ1) is 17.1. The van der Waals surface area contributed by atoms with E-state index in [0.717, 1.165) is 37.2 Å². The van der Waals surface area contributed by atoms with Crippen molar-refractivity contribution in [3.05, 3.63) is 27.7 Å². The predicted octanol–water partition coefficient (Wildman–Crippen LogP) is 3.26. The van der Waals surface area contributed by atoms with Crippen molar-refractivity contribution in [2.24, 2.45) is 0 Å². The fourth-order valence-corrected chi connectivity index (χ4v) is 2.45. The van der Waals surface area contributed by atoms with Crippen molar-refractivity contribution in [1.29, 1.82) is 0 Å². The summed E-state index contributed by atoms with van der Waals surface area (Å²) in [5, 5.41) is 7.52. The number of unbranched alkanes of at least 4 members (excludes halogenated alkanes) is 1. The number of anilines is 1. The van der Waals surface area contributed by atoms with Crippen molar-refractivity contribution in [3.8, 4) is 0 Å². The molecule has 0 fully saturated rings. The van der Waals surface area contributed by atoms with Gasteiger partial charge in [-0.05, 0) is 44.0 Å².